The van der Waals surface area contributed by atoms with Gasteiger partial charge < -0.3 is 10.2 Å². The van der Waals surface area contributed by atoms with E-state index in [0.29, 0.717) is 24.4 Å². The number of carbonyl (C=O) groups excluding carboxylic acids is 1. The number of nitrogens with zero attached hydrogens (tertiary/aromatic N) is 3. The van der Waals surface area contributed by atoms with Crippen LogP contribution in [0.1, 0.15) is 43.2 Å². The number of anilines is 2. The topological polar surface area (TPSA) is 127 Å². The first-order valence-electron chi connectivity index (χ1n) is 9.83. The summed E-state index contributed by atoms with van der Waals surface area (Å²) in [6, 6.07) is 3.40. The Bertz CT molecular complexity index is 1110. The van der Waals surface area contributed by atoms with E-state index < -0.39 is 11.2 Å². The number of rotatable bonds is 9. The van der Waals surface area contributed by atoms with Gasteiger partial charge in [-0.2, -0.15) is 0 Å². The molecule has 3 heterocycles. The van der Waals surface area contributed by atoms with Crippen LogP contribution in [0.25, 0.3) is 0 Å². The summed E-state index contributed by atoms with van der Waals surface area (Å²) in [5, 5.41) is 2.76. The Morgan fingerprint density at radius 1 is 1.37 bits per heavy atom. The fraction of sp³-hybridized carbons (Fsp3) is 0.400. The van der Waals surface area contributed by atoms with Crippen molar-refractivity contribution in [3.8, 4) is 0 Å². The van der Waals surface area contributed by atoms with Gasteiger partial charge in [0.25, 0.3) is 5.56 Å². The van der Waals surface area contributed by atoms with Gasteiger partial charge >= 0.3 is 5.69 Å². The molecule has 0 spiro atoms. The molecule has 0 atom stereocenters. The number of aryl methyl sites for hydroxylation is 1. The standard InChI is InChI=1S/C20H25N5O4S/c1-3-5-8-24-18(21)17(19(27)23-20(24)28)25(11-14-7-6-9-29-14)16(26)10-13-12-30-15(4-2)22-13/h6-7,9,12H,3-5,8,10-11,21H2,1-2H3,(H,23,27,28). The summed E-state index contributed by atoms with van der Waals surface area (Å²) in [4.78, 5) is 46.1. The fourth-order valence-electron chi connectivity index (χ4n) is 3.07. The number of hydrogen-bond acceptors (Lipinski definition) is 7. The number of nitrogens with two attached hydrogens (primary N) is 1. The quantitative estimate of drug-likeness (QED) is 0.535. The number of amides is 1. The molecule has 3 aromatic heterocycles. The highest BCUT2D eigenvalue weighted by Crippen LogP contribution is 2.22. The molecule has 3 aromatic rings. The second-order valence-corrected chi connectivity index (χ2v) is 7.76. The largest absolute Gasteiger partial charge is 0.467 e. The van der Waals surface area contributed by atoms with Crippen LogP contribution in [0.2, 0.25) is 0 Å². The maximum Gasteiger partial charge on any atom is 0.330 e. The first-order valence-corrected chi connectivity index (χ1v) is 10.7. The van der Waals surface area contributed by atoms with E-state index in [0.717, 1.165) is 17.8 Å². The second kappa shape index (κ2) is 9.57. The molecular weight excluding hydrogens is 406 g/mol. The smallest absolute Gasteiger partial charge is 0.330 e. The van der Waals surface area contributed by atoms with Gasteiger partial charge in [-0.1, -0.05) is 20.3 Å². The molecule has 10 heteroatoms. The van der Waals surface area contributed by atoms with Crippen molar-refractivity contribution in [2.24, 2.45) is 0 Å². The van der Waals surface area contributed by atoms with Crippen LogP contribution in [0.4, 0.5) is 11.5 Å². The van der Waals surface area contributed by atoms with Crippen molar-refractivity contribution in [1.82, 2.24) is 14.5 Å². The number of hydrogen-bond donors (Lipinski definition) is 2. The van der Waals surface area contributed by atoms with E-state index in [9.17, 15) is 14.4 Å². The minimum atomic E-state index is -0.710. The van der Waals surface area contributed by atoms with Crippen molar-refractivity contribution < 1.29 is 9.21 Å². The third-order valence-electron chi connectivity index (χ3n) is 4.65. The summed E-state index contributed by atoms with van der Waals surface area (Å²) in [7, 11) is 0. The molecule has 3 N–H and O–H groups in total. The summed E-state index contributed by atoms with van der Waals surface area (Å²) in [5.74, 6) is 0.0860. The molecule has 0 bridgehead atoms. The zero-order chi connectivity index (χ0) is 21.7. The SMILES string of the molecule is CCCCn1c(N)c(N(Cc2ccco2)C(=O)Cc2csc(CC)n2)c(=O)[nH]c1=O. The molecule has 0 radical (unpaired) electrons. The fourth-order valence-corrected chi connectivity index (χ4v) is 3.81. The van der Waals surface area contributed by atoms with Gasteiger partial charge in [0.1, 0.15) is 11.6 Å². The zero-order valence-electron chi connectivity index (χ0n) is 17.0. The first-order chi connectivity index (χ1) is 14.4. The third-order valence-corrected chi connectivity index (χ3v) is 5.69. The monoisotopic (exact) mass is 431 g/mol. The molecular formula is C20H25N5O4S. The zero-order valence-corrected chi connectivity index (χ0v) is 17.8. The van der Waals surface area contributed by atoms with E-state index in [-0.39, 0.29) is 30.4 Å². The van der Waals surface area contributed by atoms with E-state index in [1.54, 1.807) is 12.1 Å². The lowest BCUT2D eigenvalue weighted by atomic mass is 10.2. The highest BCUT2D eigenvalue weighted by molar-refractivity contribution is 7.09. The van der Waals surface area contributed by atoms with Crippen molar-refractivity contribution in [2.45, 2.75) is 52.6 Å². The molecule has 0 aliphatic carbocycles. The average Bonchev–Trinajstić information content (AvgIpc) is 3.38. The van der Waals surface area contributed by atoms with Crippen LogP contribution in [-0.4, -0.2) is 20.4 Å². The van der Waals surface area contributed by atoms with Gasteiger partial charge in [0.2, 0.25) is 5.91 Å². The van der Waals surface area contributed by atoms with Crippen molar-refractivity contribution in [3.05, 3.63) is 61.1 Å². The Labute approximate surface area is 177 Å². The maximum atomic E-state index is 13.2. The molecule has 0 fully saturated rings. The lowest BCUT2D eigenvalue weighted by Gasteiger charge is -2.23. The molecule has 160 valence electrons. The predicted molar refractivity (Wildman–Crippen MR) is 116 cm³/mol. The van der Waals surface area contributed by atoms with Crippen LogP contribution in [0.15, 0.2) is 37.8 Å². The molecule has 0 saturated carbocycles. The molecule has 0 aliphatic rings. The number of aromatic amines is 1. The van der Waals surface area contributed by atoms with Crippen molar-refractivity contribution in [2.75, 3.05) is 10.6 Å². The van der Waals surface area contributed by atoms with Crippen LogP contribution in [0.5, 0.6) is 0 Å². The van der Waals surface area contributed by atoms with Crippen LogP contribution < -0.4 is 21.9 Å². The van der Waals surface area contributed by atoms with Gasteiger partial charge in [-0.05, 0) is 25.0 Å². The highest BCUT2D eigenvalue weighted by Gasteiger charge is 2.26. The van der Waals surface area contributed by atoms with Crippen LogP contribution >= 0.6 is 11.3 Å². The van der Waals surface area contributed by atoms with Gasteiger partial charge in [-0.3, -0.25) is 24.0 Å². The van der Waals surface area contributed by atoms with Crippen molar-refractivity contribution in [1.29, 1.82) is 0 Å². The Morgan fingerprint density at radius 2 is 2.17 bits per heavy atom. The number of carbonyl (C=O) groups is 1. The number of thiazole rings is 1. The van der Waals surface area contributed by atoms with E-state index in [4.69, 9.17) is 10.2 Å². The number of aromatic nitrogens is 3. The lowest BCUT2D eigenvalue weighted by Crippen LogP contribution is -2.41. The Kier molecular flexibility index (Phi) is 6.88. The third kappa shape index (κ3) is 4.70. The molecule has 0 saturated heterocycles. The van der Waals surface area contributed by atoms with Crippen LogP contribution in [0, 0.1) is 0 Å². The summed E-state index contributed by atoms with van der Waals surface area (Å²) >= 11 is 1.49. The molecule has 0 unspecified atom stereocenters. The van der Waals surface area contributed by atoms with Crippen molar-refractivity contribution in [3.63, 3.8) is 0 Å². The minimum absolute atomic E-state index is 0.00414. The van der Waals surface area contributed by atoms with Crippen LogP contribution in [-0.2, 0) is 30.7 Å². The number of nitrogen functional groups attached to an aromatic ring is 1. The molecule has 0 aromatic carbocycles. The van der Waals surface area contributed by atoms with E-state index in [1.165, 1.54) is 27.1 Å². The Hall–Kier alpha value is -3.14. The Balaban J connectivity index is 2.02. The van der Waals surface area contributed by atoms with Gasteiger partial charge in [0.05, 0.1) is 29.9 Å². The van der Waals surface area contributed by atoms with Gasteiger partial charge in [0, 0.05) is 11.9 Å². The Morgan fingerprint density at radius 3 is 2.80 bits per heavy atom. The lowest BCUT2D eigenvalue weighted by molar-refractivity contribution is -0.118. The van der Waals surface area contributed by atoms with E-state index in [2.05, 4.69) is 9.97 Å². The van der Waals surface area contributed by atoms with Crippen molar-refractivity contribution >= 4 is 28.7 Å². The first kappa shape index (κ1) is 21.6. The second-order valence-electron chi connectivity index (χ2n) is 6.82. The maximum absolute atomic E-state index is 13.2. The normalized spacial score (nSPS) is 11.0. The molecule has 0 aliphatic heterocycles. The molecule has 3 rings (SSSR count). The van der Waals surface area contributed by atoms with Gasteiger partial charge in [0.15, 0.2) is 5.69 Å². The molecule has 9 nitrogen and oxygen atoms in total. The van der Waals surface area contributed by atoms with Crippen LogP contribution in [0.3, 0.4) is 0 Å². The summed E-state index contributed by atoms with van der Waals surface area (Å²) in [6.45, 7) is 4.34. The molecule has 1 amide bonds. The number of furan rings is 1. The molecule has 30 heavy (non-hydrogen) atoms. The summed E-state index contributed by atoms with van der Waals surface area (Å²) in [5.41, 5.74) is 5.48. The van der Waals surface area contributed by atoms with E-state index in [1.807, 2.05) is 19.2 Å². The number of unbranched alkanes of at least 4 members (excludes halogenated alkanes) is 1. The summed E-state index contributed by atoms with van der Waals surface area (Å²) < 4.78 is 6.67. The minimum Gasteiger partial charge on any atom is -0.467 e. The van der Waals surface area contributed by atoms with Gasteiger partial charge in [-0.15, -0.1) is 11.3 Å². The average molecular weight is 432 g/mol. The van der Waals surface area contributed by atoms with Gasteiger partial charge in [-0.25, -0.2) is 9.78 Å². The number of nitrogens with one attached hydrogen (secondary N) is 1. The number of H-pyrrole nitrogens is 1. The predicted octanol–water partition coefficient (Wildman–Crippen LogP) is 2.31. The summed E-state index contributed by atoms with van der Waals surface area (Å²) in [6.07, 6.45) is 3.83. The van der Waals surface area contributed by atoms with E-state index >= 15 is 0 Å². The highest BCUT2D eigenvalue weighted by atomic mass is 32.1.